The average Bonchev–Trinajstić information content (AvgIpc) is 2.54. The number of alkyl halides is 1. The van der Waals surface area contributed by atoms with Crippen molar-refractivity contribution >= 4 is 10.0 Å². The van der Waals surface area contributed by atoms with Crippen LogP contribution in [0.15, 0.2) is 18.3 Å². The largest absolute Gasteiger partial charge is 0.261 e. The second-order valence-corrected chi connectivity index (χ2v) is 7.94. The van der Waals surface area contributed by atoms with Crippen molar-refractivity contribution in [1.29, 1.82) is 0 Å². The van der Waals surface area contributed by atoms with Gasteiger partial charge in [0.15, 0.2) is 0 Å². The Labute approximate surface area is 107 Å². The van der Waals surface area contributed by atoms with Crippen LogP contribution in [0, 0.1) is 0 Å². The second kappa shape index (κ2) is 4.28. The Morgan fingerprint density at radius 1 is 1.44 bits per heavy atom. The molecule has 1 aromatic rings. The Kier molecular flexibility index (Phi) is 3.19. The van der Waals surface area contributed by atoms with Crippen molar-refractivity contribution in [3.8, 4) is 0 Å². The van der Waals surface area contributed by atoms with Gasteiger partial charge in [-0.15, -0.1) is 0 Å². The predicted octanol–water partition coefficient (Wildman–Crippen LogP) is 1.73. The fourth-order valence-corrected chi connectivity index (χ4v) is 2.85. The lowest BCUT2D eigenvalue weighted by molar-refractivity contribution is 0.288. The van der Waals surface area contributed by atoms with Crippen molar-refractivity contribution < 1.29 is 12.8 Å². The van der Waals surface area contributed by atoms with Crippen LogP contribution in [0.4, 0.5) is 4.39 Å². The summed E-state index contributed by atoms with van der Waals surface area (Å²) in [6, 6.07) is 2.59. The Morgan fingerprint density at radius 3 is 2.72 bits per heavy atom. The van der Waals surface area contributed by atoms with Gasteiger partial charge in [-0.05, 0) is 32.4 Å². The van der Waals surface area contributed by atoms with E-state index >= 15 is 0 Å². The molecule has 0 aliphatic heterocycles. The first kappa shape index (κ1) is 13.4. The molecule has 1 heterocycles. The highest BCUT2D eigenvalue weighted by Crippen LogP contribution is 2.33. The van der Waals surface area contributed by atoms with Crippen molar-refractivity contribution in [2.24, 2.45) is 0 Å². The smallest absolute Gasteiger partial charge is 0.217 e. The maximum Gasteiger partial charge on any atom is 0.217 e. The summed E-state index contributed by atoms with van der Waals surface area (Å²) in [6.45, 7) is 4.75. The molecule has 2 rings (SSSR count). The number of pyridine rings is 1. The van der Waals surface area contributed by atoms with Crippen molar-refractivity contribution in [3.63, 3.8) is 0 Å². The third kappa shape index (κ3) is 2.27. The minimum Gasteiger partial charge on any atom is -0.261 e. The second-order valence-electron chi connectivity index (χ2n) is 5.47. The van der Waals surface area contributed by atoms with Crippen molar-refractivity contribution in [3.05, 3.63) is 29.6 Å². The molecular weight excluding hydrogens is 255 g/mol. The molecule has 4 nitrogen and oxygen atoms in total. The van der Waals surface area contributed by atoms with Crippen LogP contribution in [0.5, 0.6) is 0 Å². The van der Waals surface area contributed by atoms with Gasteiger partial charge in [0, 0.05) is 18.3 Å². The van der Waals surface area contributed by atoms with E-state index in [9.17, 15) is 12.8 Å². The number of sulfonamides is 1. The first-order chi connectivity index (χ1) is 8.22. The molecule has 0 saturated heterocycles. The van der Waals surface area contributed by atoms with Crippen LogP contribution in [-0.4, -0.2) is 24.3 Å². The molecule has 18 heavy (non-hydrogen) atoms. The Bertz CT molecular complexity index is 551. The van der Waals surface area contributed by atoms with Gasteiger partial charge in [0.2, 0.25) is 10.0 Å². The molecule has 0 radical (unpaired) electrons. The third-order valence-corrected chi connectivity index (χ3v) is 5.28. The number of halogens is 1. The number of rotatable bonds is 2. The summed E-state index contributed by atoms with van der Waals surface area (Å²) in [5, 5.41) is 0. The summed E-state index contributed by atoms with van der Waals surface area (Å²) in [4.78, 5) is 4.08. The van der Waals surface area contributed by atoms with E-state index in [0.29, 0.717) is 11.3 Å². The topological polar surface area (TPSA) is 59.1 Å². The first-order valence-electron chi connectivity index (χ1n) is 5.82. The van der Waals surface area contributed by atoms with Gasteiger partial charge in [-0.3, -0.25) is 4.98 Å². The van der Waals surface area contributed by atoms with Crippen LogP contribution in [0.25, 0.3) is 0 Å². The normalized spacial score (nSPS) is 24.0. The van der Waals surface area contributed by atoms with Gasteiger partial charge < -0.3 is 0 Å². The lowest BCUT2D eigenvalue weighted by atomic mass is 10.1. The van der Waals surface area contributed by atoms with Crippen molar-refractivity contribution in [2.75, 3.05) is 0 Å². The molecule has 2 atom stereocenters. The summed E-state index contributed by atoms with van der Waals surface area (Å²) >= 11 is 0. The molecule has 0 bridgehead atoms. The molecular formula is C12H17FN2O2S. The van der Waals surface area contributed by atoms with Gasteiger partial charge in [0.05, 0.1) is 10.8 Å². The number of hydrogen-bond acceptors (Lipinski definition) is 3. The molecule has 0 fully saturated rings. The summed E-state index contributed by atoms with van der Waals surface area (Å²) in [7, 11) is -3.57. The standard InChI is InChI=1S/C12H17FN2O2S/c1-12(2,3)18(16,17)15-11-8-5-4-6-14-10(8)7-9(11)13/h4-6,9,11,15H,7H2,1-3H3/t9-,11?/m1/s1. The first-order valence-corrected chi connectivity index (χ1v) is 7.30. The SMILES string of the molecule is CC(C)(C)S(=O)(=O)NC1c2cccnc2C[C@H]1F. The van der Waals surface area contributed by atoms with E-state index in [1.807, 2.05) is 0 Å². The minimum atomic E-state index is -3.57. The number of hydrogen-bond donors (Lipinski definition) is 1. The molecule has 1 aliphatic rings. The molecule has 0 saturated carbocycles. The van der Waals surface area contributed by atoms with E-state index in [-0.39, 0.29) is 6.42 Å². The highest BCUT2D eigenvalue weighted by Gasteiger charge is 2.39. The summed E-state index contributed by atoms with van der Waals surface area (Å²) in [6.07, 6.45) is 0.492. The lowest BCUT2D eigenvalue weighted by Gasteiger charge is -2.24. The third-order valence-electron chi connectivity index (χ3n) is 3.10. The van der Waals surface area contributed by atoms with Crippen LogP contribution < -0.4 is 4.72 Å². The molecule has 0 aromatic carbocycles. The van der Waals surface area contributed by atoms with E-state index in [2.05, 4.69) is 9.71 Å². The van der Waals surface area contributed by atoms with E-state index in [4.69, 9.17) is 0 Å². The van der Waals surface area contributed by atoms with Crippen LogP contribution in [0.3, 0.4) is 0 Å². The fourth-order valence-electron chi connectivity index (χ4n) is 1.88. The number of nitrogens with zero attached hydrogens (tertiary/aromatic N) is 1. The van der Waals surface area contributed by atoms with Crippen molar-refractivity contribution in [1.82, 2.24) is 9.71 Å². The fraction of sp³-hybridized carbons (Fsp3) is 0.583. The molecule has 0 amide bonds. The molecule has 0 spiro atoms. The maximum absolute atomic E-state index is 13.9. The van der Waals surface area contributed by atoms with E-state index in [1.165, 1.54) is 0 Å². The number of nitrogens with one attached hydrogen (secondary N) is 1. The van der Waals surface area contributed by atoms with E-state index in [1.54, 1.807) is 39.1 Å². The van der Waals surface area contributed by atoms with Gasteiger partial charge in [-0.2, -0.15) is 0 Å². The minimum absolute atomic E-state index is 0.160. The molecule has 6 heteroatoms. The average molecular weight is 272 g/mol. The lowest BCUT2D eigenvalue weighted by Crippen LogP contribution is -2.42. The van der Waals surface area contributed by atoms with Crippen LogP contribution in [0.1, 0.15) is 38.1 Å². The van der Waals surface area contributed by atoms with E-state index < -0.39 is 27.0 Å². The highest BCUT2D eigenvalue weighted by molar-refractivity contribution is 7.90. The molecule has 1 unspecified atom stereocenters. The van der Waals surface area contributed by atoms with Crippen LogP contribution in [0.2, 0.25) is 0 Å². The quantitative estimate of drug-likeness (QED) is 0.892. The monoisotopic (exact) mass is 272 g/mol. The summed E-state index contributed by atoms with van der Waals surface area (Å²) in [5.74, 6) is 0. The number of aromatic nitrogens is 1. The maximum atomic E-state index is 13.9. The molecule has 1 N–H and O–H groups in total. The Balaban J connectivity index is 2.31. The van der Waals surface area contributed by atoms with E-state index in [0.717, 1.165) is 0 Å². The zero-order valence-corrected chi connectivity index (χ0v) is 11.5. The Hall–Kier alpha value is -1.01. The Morgan fingerprint density at radius 2 is 2.11 bits per heavy atom. The van der Waals surface area contributed by atoms with Gasteiger partial charge in [0.25, 0.3) is 0 Å². The zero-order valence-electron chi connectivity index (χ0n) is 10.6. The summed E-state index contributed by atoms with van der Waals surface area (Å²) < 4.78 is 39.6. The van der Waals surface area contributed by atoms with Gasteiger partial charge in [-0.25, -0.2) is 17.5 Å². The zero-order chi connectivity index (χ0) is 13.6. The number of fused-ring (bicyclic) bond motifs is 1. The van der Waals surface area contributed by atoms with Crippen LogP contribution >= 0.6 is 0 Å². The van der Waals surface area contributed by atoms with Gasteiger partial charge in [0.1, 0.15) is 6.17 Å². The molecule has 100 valence electrons. The van der Waals surface area contributed by atoms with Gasteiger partial charge in [-0.1, -0.05) is 6.07 Å². The van der Waals surface area contributed by atoms with Crippen molar-refractivity contribution in [2.45, 2.75) is 44.2 Å². The van der Waals surface area contributed by atoms with Crippen LogP contribution in [-0.2, 0) is 16.4 Å². The van der Waals surface area contributed by atoms with Gasteiger partial charge >= 0.3 is 0 Å². The highest BCUT2D eigenvalue weighted by atomic mass is 32.2. The summed E-state index contributed by atoms with van der Waals surface area (Å²) in [5.41, 5.74) is 1.27. The molecule has 1 aromatic heterocycles. The predicted molar refractivity (Wildman–Crippen MR) is 67.4 cm³/mol. The molecule has 1 aliphatic carbocycles.